The molecule has 0 N–H and O–H groups in total. The summed E-state index contributed by atoms with van der Waals surface area (Å²) in [6.45, 7) is 4.73. The number of benzene rings is 7. The molecule has 7 aromatic carbocycles. The smallest absolute Gasteiger partial charge is 0.338 e. The molecule has 9 heteroatoms. The largest absolute Gasteiger partial charge is 0.461 e. The van der Waals surface area contributed by atoms with Gasteiger partial charge in [0.25, 0.3) is 17.7 Å². The van der Waals surface area contributed by atoms with Crippen molar-refractivity contribution in [3.8, 4) is 0 Å². The fourth-order valence-corrected chi connectivity index (χ4v) is 9.17. The number of esters is 2. The van der Waals surface area contributed by atoms with Gasteiger partial charge in [0.05, 0.1) is 28.7 Å². The molecule has 0 saturated heterocycles. The van der Waals surface area contributed by atoms with E-state index in [1.54, 1.807) is 17.0 Å². The van der Waals surface area contributed by atoms with Crippen molar-refractivity contribution in [2.24, 2.45) is 5.92 Å². The molecule has 3 amide bonds. The van der Waals surface area contributed by atoms with Crippen molar-refractivity contribution in [1.82, 2.24) is 9.80 Å². The minimum absolute atomic E-state index is 0.0301. The maximum Gasteiger partial charge on any atom is 0.338 e. The fourth-order valence-electron chi connectivity index (χ4n) is 9.17. The number of hydrogen-bond donors (Lipinski definition) is 0. The highest BCUT2D eigenvalue weighted by Gasteiger charge is 2.46. The van der Waals surface area contributed by atoms with Gasteiger partial charge in [-0.15, -0.1) is 0 Å². The van der Waals surface area contributed by atoms with Crippen LogP contribution in [0.3, 0.4) is 0 Å². The first-order chi connectivity index (χ1) is 31.1. The van der Waals surface area contributed by atoms with Crippen molar-refractivity contribution < 1.29 is 33.4 Å². The number of carbonyl (C=O) groups is 5. The highest BCUT2D eigenvalue weighted by atomic mass is 16.5. The Labute approximate surface area is 372 Å². The predicted octanol–water partition coefficient (Wildman–Crippen LogP) is 10.7. The summed E-state index contributed by atoms with van der Waals surface area (Å²) in [5.41, 5.74) is 7.27. The lowest BCUT2D eigenvalue weighted by molar-refractivity contribution is -0.152. The Morgan fingerprint density at radius 2 is 1.05 bits per heavy atom. The van der Waals surface area contributed by atoms with Gasteiger partial charge in [-0.3, -0.25) is 24.1 Å². The Kier molecular flexibility index (Phi) is 11.9. The second-order valence-corrected chi connectivity index (χ2v) is 17.1. The molecule has 64 heavy (non-hydrogen) atoms. The van der Waals surface area contributed by atoms with Crippen LogP contribution >= 0.6 is 0 Å². The van der Waals surface area contributed by atoms with Crippen molar-refractivity contribution in [2.75, 3.05) is 0 Å². The standard InChI is InChI=1S/C55H48N2O7/c1-35-24-36(2)26-46(25-35)54(61)63-33-39-20-16-37(17-21-39)31-56(51(58)41-10-4-3-5-11-41)32-38-18-22-40(23-19-38)34-64-55(62)47-14-8-9-15-50(47)57-52(59)48-29-44-27-42-12-6-7-13-43(42)28-45(44)30-49(48)53(57)60/h3-7,10-13,16-30,47,50H,8-9,14-15,31-34H2,1-2H3. The Balaban J connectivity index is 0.839. The molecule has 320 valence electrons. The van der Waals surface area contributed by atoms with Gasteiger partial charge in [0.1, 0.15) is 13.2 Å². The molecule has 7 aromatic rings. The molecule has 2 aliphatic rings. The lowest BCUT2D eigenvalue weighted by Gasteiger charge is -2.35. The van der Waals surface area contributed by atoms with E-state index in [4.69, 9.17) is 9.47 Å². The van der Waals surface area contributed by atoms with Gasteiger partial charge in [0, 0.05) is 18.7 Å². The summed E-state index contributed by atoms with van der Waals surface area (Å²) in [4.78, 5) is 71.3. The van der Waals surface area contributed by atoms with Crippen LogP contribution in [0.4, 0.5) is 0 Å². The number of amides is 3. The van der Waals surface area contributed by atoms with E-state index in [-0.39, 0.29) is 36.9 Å². The van der Waals surface area contributed by atoms with Crippen molar-refractivity contribution in [2.45, 2.75) is 71.9 Å². The molecule has 2 unspecified atom stereocenters. The van der Waals surface area contributed by atoms with Gasteiger partial charge >= 0.3 is 11.9 Å². The molecular weight excluding hydrogens is 801 g/mol. The van der Waals surface area contributed by atoms with Crippen LogP contribution in [0.15, 0.2) is 146 Å². The molecule has 1 heterocycles. The van der Waals surface area contributed by atoms with Crippen LogP contribution in [0.2, 0.25) is 0 Å². The van der Waals surface area contributed by atoms with Crippen LogP contribution in [-0.4, -0.2) is 45.5 Å². The monoisotopic (exact) mass is 848 g/mol. The molecule has 0 spiro atoms. The Bertz CT molecular complexity index is 2830. The number of imide groups is 1. The van der Waals surface area contributed by atoms with Crippen molar-refractivity contribution in [1.29, 1.82) is 0 Å². The van der Waals surface area contributed by atoms with E-state index in [1.807, 2.05) is 147 Å². The van der Waals surface area contributed by atoms with Gasteiger partial charge < -0.3 is 14.4 Å². The van der Waals surface area contributed by atoms with E-state index in [0.29, 0.717) is 48.2 Å². The first kappa shape index (κ1) is 41.9. The summed E-state index contributed by atoms with van der Waals surface area (Å²) in [5, 5.41) is 3.88. The Morgan fingerprint density at radius 1 is 0.547 bits per heavy atom. The zero-order chi connectivity index (χ0) is 44.3. The molecule has 9 nitrogen and oxygen atoms in total. The van der Waals surface area contributed by atoms with Gasteiger partial charge in [0.15, 0.2) is 0 Å². The van der Waals surface area contributed by atoms with Crippen molar-refractivity contribution in [3.63, 3.8) is 0 Å². The van der Waals surface area contributed by atoms with E-state index in [2.05, 4.69) is 0 Å². The zero-order valence-electron chi connectivity index (χ0n) is 35.9. The zero-order valence-corrected chi connectivity index (χ0v) is 35.9. The van der Waals surface area contributed by atoms with Gasteiger partial charge in [-0.25, -0.2) is 4.79 Å². The third-order valence-electron chi connectivity index (χ3n) is 12.4. The van der Waals surface area contributed by atoms with Crippen LogP contribution in [-0.2, 0) is 40.6 Å². The molecule has 1 aliphatic heterocycles. The number of nitrogens with zero attached hydrogens (tertiary/aromatic N) is 2. The summed E-state index contributed by atoms with van der Waals surface area (Å²) >= 11 is 0. The normalized spacial score (nSPS) is 15.9. The first-order valence-corrected chi connectivity index (χ1v) is 21.8. The quantitative estimate of drug-likeness (QED) is 0.0684. The second-order valence-electron chi connectivity index (χ2n) is 17.1. The molecule has 1 fully saturated rings. The average molecular weight is 849 g/mol. The van der Waals surface area contributed by atoms with E-state index < -0.39 is 17.9 Å². The molecule has 0 aromatic heterocycles. The summed E-state index contributed by atoms with van der Waals surface area (Å²) in [6, 6.07) is 45.2. The molecule has 0 bridgehead atoms. The number of fused-ring (bicyclic) bond motifs is 3. The molecular formula is C55H48N2O7. The van der Waals surface area contributed by atoms with Crippen LogP contribution in [0, 0.1) is 19.8 Å². The average Bonchev–Trinajstić information content (AvgIpc) is 3.55. The van der Waals surface area contributed by atoms with Gasteiger partial charge in [-0.05, 0) is 119 Å². The van der Waals surface area contributed by atoms with Gasteiger partial charge in [-0.2, -0.15) is 0 Å². The van der Waals surface area contributed by atoms with E-state index in [0.717, 1.165) is 67.8 Å². The molecule has 2 atom stereocenters. The number of carbonyl (C=O) groups excluding carboxylic acids is 5. The molecule has 9 rings (SSSR count). The fraction of sp³-hybridized carbons (Fsp3) is 0.218. The highest BCUT2D eigenvalue weighted by molar-refractivity contribution is 6.24. The number of aryl methyl sites for hydroxylation is 2. The van der Waals surface area contributed by atoms with Gasteiger partial charge in [0.2, 0.25) is 0 Å². The Morgan fingerprint density at radius 3 is 1.61 bits per heavy atom. The first-order valence-electron chi connectivity index (χ1n) is 21.8. The van der Waals surface area contributed by atoms with Crippen molar-refractivity contribution in [3.05, 3.63) is 201 Å². The van der Waals surface area contributed by atoms with Crippen LogP contribution < -0.4 is 0 Å². The van der Waals surface area contributed by atoms with E-state index in [1.165, 1.54) is 4.90 Å². The second kappa shape index (κ2) is 18.1. The summed E-state index contributed by atoms with van der Waals surface area (Å²) in [7, 11) is 0. The van der Waals surface area contributed by atoms with E-state index >= 15 is 0 Å². The molecule has 1 aliphatic carbocycles. The molecule has 1 saturated carbocycles. The number of rotatable bonds is 12. The minimum atomic E-state index is -0.628. The number of ether oxygens (including phenoxy) is 2. The summed E-state index contributed by atoms with van der Waals surface area (Å²) < 4.78 is 11.5. The third kappa shape index (κ3) is 8.93. The SMILES string of the molecule is Cc1cc(C)cc(C(=O)OCc2ccc(CN(Cc3ccc(COC(=O)C4CCCCC4N4C(=O)c5cc6cc7ccccc7cc6cc5C4=O)cc3)C(=O)c3ccccc3)cc2)c1. The maximum atomic E-state index is 13.9. The van der Waals surface area contributed by atoms with Crippen LogP contribution in [0.25, 0.3) is 21.5 Å². The van der Waals surface area contributed by atoms with E-state index in [9.17, 15) is 24.0 Å². The lowest BCUT2D eigenvalue weighted by Crippen LogP contribution is -2.48. The topological polar surface area (TPSA) is 110 Å². The minimum Gasteiger partial charge on any atom is -0.461 e. The highest BCUT2D eigenvalue weighted by Crippen LogP contribution is 2.37. The molecule has 0 radical (unpaired) electrons. The Hall–Kier alpha value is -7.39. The third-order valence-corrected chi connectivity index (χ3v) is 12.4. The van der Waals surface area contributed by atoms with Gasteiger partial charge in [-0.1, -0.05) is 121 Å². The summed E-state index contributed by atoms with van der Waals surface area (Å²) in [5.74, 6) is -2.27. The van der Waals surface area contributed by atoms with Crippen LogP contribution in [0.5, 0.6) is 0 Å². The summed E-state index contributed by atoms with van der Waals surface area (Å²) in [6.07, 6.45) is 2.67. The van der Waals surface area contributed by atoms with Crippen LogP contribution in [0.1, 0.15) is 100 Å². The van der Waals surface area contributed by atoms with Crippen molar-refractivity contribution >= 4 is 51.2 Å². The maximum absolute atomic E-state index is 13.9. The predicted molar refractivity (Wildman–Crippen MR) is 245 cm³/mol. The number of hydrogen-bond acceptors (Lipinski definition) is 7. The lowest BCUT2D eigenvalue weighted by atomic mass is 9.83.